The summed E-state index contributed by atoms with van der Waals surface area (Å²) >= 11 is 1.87. The maximum atomic E-state index is 4.58. The van der Waals surface area contributed by atoms with E-state index in [0.717, 1.165) is 54.2 Å². The topological polar surface area (TPSA) is 31.4 Å². The number of fused-ring (bicyclic) bond motifs is 1. The van der Waals surface area contributed by atoms with Gasteiger partial charge in [0, 0.05) is 59.7 Å². The molecule has 1 N–H and O–H groups in total. The van der Waals surface area contributed by atoms with Crippen molar-refractivity contribution >= 4 is 39.7 Å². The van der Waals surface area contributed by atoms with Crippen LogP contribution in [0.15, 0.2) is 83.9 Å². The Morgan fingerprint density at radius 2 is 1.58 bits per heavy atom. The summed E-state index contributed by atoms with van der Waals surface area (Å²) in [7, 11) is 2.19. The van der Waals surface area contributed by atoms with Crippen molar-refractivity contribution in [3.63, 3.8) is 0 Å². The molecule has 33 heavy (non-hydrogen) atoms. The molecule has 168 valence electrons. The number of pyridine rings is 1. The minimum absolute atomic E-state index is 0.996. The first-order valence-electron chi connectivity index (χ1n) is 11.6. The Balaban J connectivity index is 1.38. The number of likely N-dealkylation sites (N-methyl/N-ethyl adjacent to an activating group) is 1. The van der Waals surface area contributed by atoms with Gasteiger partial charge in [-0.05, 0) is 78.5 Å². The summed E-state index contributed by atoms with van der Waals surface area (Å²) < 4.78 is 0. The second-order valence-electron chi connectivity index (χ2n) is 8.51. The van der Waals surface area contributed by atoms with Gasteiger partial charge in [-0.2, -0.15) is 0 Å². The molecule has 4 nitrogen and oxygen atoms in total. The molecule has 0 saturated carbocycles. The molecule has 0 radical (unpaired) electrons. The molecule has 0 aliphatic carbocycles. The van der Waals surface area contributed by atoms with Crippen LogP contribution in [0.2, 0.25) is 0 Å². The number of piperazine rings is 1. The lowest BCUT2D eigenvalue weighted by atomic mass is 10.0. The van der Waals surface area contributed by atoms with Crippen molar-refractivity contribution in [1.29, 1.82) is 0 Å². The summed E-state index contributed by atoms with van der Waals surface area (Å²) in [5.74, 6) is 1.09. The molecule has 0 unspecified atom stereocenters. The average molecular weight is 455 g/mol. The first-order chi connectivity index (χ1) is 16.2. The number of rotatable bonds is 6. The lowest BCUT2D eigenvalue weighted by Gasteiger charge is -2.34. The van der Waals surface area contributed by atoms with E-state index in [1.54, 1.807) is 0 Å². The van der Waals surface area contributed by atoms with E-state index < -0.39 is 0 Å². The van der Waals surface area contributed by atoms with Gasteiger partial charge in [0.25, 0.3) is 0 Å². The van der Waals surface area contributed by atoms with Gasteiger partial charge >= 0.3 is 0 Å². The highest BCUT2D eigenvalue weighted by Crippen LogP contribution is 2.31. The van der Waals surface area contributed by atoms with E-state index in [4.69, 9.17) is 0 Å². The minimum atomic E-state index is 0.996. The Kier molecular flexibility index (Phi) is 6.51. The Morgan fingerprint density at radius 3 is 2.30 bits per heavy atom. The normalized spacial score (nSPS) is 14.5. The van der Waals surface area contributed by atoms with Crippen molar-refractivity contribution in [2.45, 2.75) is 11.8 Å². The zero-order valence-electron chi connectivity index (χ0n) is 19.3. The molecular weight excluding hydrogens is 424 g/mol. The molecule has 0 bridgehead atoms. The van der Waals surface area contributed by atoms with Crippen molar-refractivity contribution in [2.75, 3.05) is 49.2 Å². The smallest absolute Gasteiger partial charge is 0.0723 e. The number of nitrogens with one attached hydrogen (secondary N) is 1. The van der Waals surface area contributed by atoms with Crippen LogP contribution >= 0.6 is 11.8 Å². The van der Waals surface area contributed by atoms with Crippen LogP contribution in [-0.4, -0.2) is 48.9 Å². The number of aromatic nitrogens is 1. The minimum Gasteiger partial charge on any atom is -0.369 e. The first-order valence-corrected chi connectivity index (χ1v) is 12.6. The molecule has 2 heterocycles. The van der Waals surface area contributed by atoms with E-state index in [9.17, 15) is 0 Å². The fourth-order valence-corrected chi connectivity index (χ4v) is 4.98. The lowest BCUT2D eigenvalue weighted by molar-refractivity contribution is 0.313. The fourth-order valence-electron chi connectivity index (χ4n) is 4.32. The molecule has 5 rings (SSSR count). The lowest BCUT2D eigenvalue weighted by Crippen LogP contribution is -2.44. The summed E-state index contributed by atoms with van der Waals surface area (Å²) in [5, 5.41) is 4.75. The zero-order chi connectivity index (χ0) is 22.6. The third kappa shape index (κ3) is 5.00. The van der Waals surface area contributed by atoms with E-state index in [-0.39, 0.29) is 0 Å². The van der Waals surface area contributed by atoms with Crippen molar-refractivity contribution in [1.82, 2.24) is 9.88 Å². The van der Waals surface area contributed by atoms with Crippen molar-refractivity contribution < 1.29 is 0 Å². The summed E-state index contributed by atoms with van der Waals surface area (Å²) in [6, 6.07) is 26.2. The van der Waals surface area contributed by atoms with Crippen LogP contribution in [0.5, 0.6) is 0 Å². The Morgan fingerprint density at radius 1 is 0.848 bits per heavy atom. The van der Waals surface area contributed by atoms with Crippen LogP contribution in [0.3, 0.4) is 0 Å². The summed E-state index contributed by atoms with van der Waals surface area (Å²) in [4.78, 5) is 10.7. The highest BCUT2D eigenvalue weighted by atomic mass is 32.2. The summed E-state index contributed by atoms with van der Waals surface area (Å²) in [6.07, 6.45) is 1.87. The fraction of sp³-hybridized carbons (Fsp3) is 0.250. The van der Waals surface area contributed by atoms with E-state index >= 15 is 0 Å². The third-order valence-corrected chi connectivity index (χ3v) is 7.15. The number of hydrogen-bond donors (Lipinski definition) is 1. The number of nitrogens with zero attached hydrogens (tertiary/aromatic N) is 3. The van der Waals surface area contributed by atoms with Gasteiger partial charge in [-0.3, -0.25) is 4.98 Å². The second-order valence-corrected chi connectivity index (χ2v) is 9.85. The van der Waals surface area contributed by atoms with Gasteiger partial charge in [0.05, 0.1) is 5.52 Å². The molecule has 4 aromatic rings. The van der Waals surface area contributed by atoms with Gasteiger partial charge in [-0.25, -0.2) is 0 Å². The SMILES string of the molecule is CCSc1ccc(-c2ccc3nccc(Nc4ccc(N5CCN(C)CC5)cc4)c3c2)cc1. The molecule has 1 aliphatic heterocycles. The standard InChI is InChI=1S/C28H30N4S/c1-3-33-25-11-4-21(5-12-25)22-6-13-27-26(20-22)28(14-15-29-27)30-23-7-9-24(10-8-23)32-18-16-31(2)17-19-32/h4-15,20H,3,16-19H2,1-2H3,(H,29,30). The van der Waals surface area contributed by atoms with E-state index in [0.29, 0.717) is 0 Å². The second kappa shape index (κ2) is 9.86. The van der Waals surface area contributed by atoms with Crippen molar-refractivity contribution in [2.24, 2.45) is 0 Å². The van der Waals surface area contributed by atoms with Gasteiger partial charge in [0.15, 0.2) is 0 Å². The zero-order valence-corrected chi connectivity index (χ0v) is 20.1. The Hall–Kier alpha value is -3.02. The molecule has 1 fully saturated rings. The predicted octanol–water partition coefficient (Wildman–Crippen LogP) is 6.51. The van der Waals surface area contributed by atoms with Crippen LogP contribution in [0.4, 0.5) is 17.1 Å². The molecule has 0 spiro atoms. The predicted molar refractivity (Wildman–Crippen MR) is 143 cm³/mol. The molecule has 1 aliphatic rings. The van der Waals surface area contributed by atoms with Gasteiger partial charge in [-0.1, -0.05) is 25.1 Å². The molecule has 1 saturated heterocycles. The van der Waals surface area contributed by atoms with Gasteiger partial charge in [0.2, 0.25) is 0 Å². The van der Waals surface area contributed by atoms with E-state index in [1.165, 1.54) is 21.7 Å². The first kappa shape index (κ1) is 21.8. The Bertz CT molecular complexity index is 1210. The van der Waals surface area contributed by atoms with Crippen LogP contribution in [0.1, 0.15) is 6.92 Å². The largest absolute Gasteiger partial charge is 0.369 e. The maximum absolute atomic E-state index is 4.58. The number of thioether (sulfide) groups is 1. The molecular formula is C28H30N4S. The maximum Gasteiger partial charge on any atom is 0.0723 e. The molecule has 3 aromatic carbocycles. The van der Waals surface area contributed by atoms with E-state index in [1.807, 2.05) is 18.0 Å². The highest BCUT2D eigenvalue weighted by Gasteiger charge is 2.14. The number of hydrogen-bond acceptors (Lipinski definition) is 5. The molecule has 1 aromatic heterocycles. The van der Waals surface area contributed by atoms with Crippen LogP contribution < -0.4 is 10.2 Å². The van der Waals surface area contributed by atoms with Crippen LogP contribution in [-0.2, 0) is 0 Å². The van der Waals surface area contributed by atoms with Gasteiger partial charge in [0.1, 0.15) is 0 Å². The number of anilines is 3. The molecule has 5 heteroatoms. The monoisotopic (exact) mass is 454 g/mol. The van der Waals surface area contributed by atoms with Crippen LogP contribution in [0.25, 0.3) is 22.0 Å². The third-order valence-electron chi connectivity index (χ3n) is 6.25. The van der Waals surface area contributed by atoms with Gasteiger partial charge < -0.3 is 15.1 Å². The molecule has 0 amide bonds. The van der Waals surface area contributed by atoms with Gasteiger partial charge in [-0.15, -0.1) is 11.8 Å². The van der Waals surface area contributed by atoms with Crippen LogP contribution in [0, 0.1) is 0 Å². The average Bonchev–Trinajstić information content (AvgIpc) is 2.86. The summed E-state index contributed by atoms with van der Waals surface area (Å²) in [5.41, 5.74) is 6.89. The highest BCUT2D eigenvalue weighted by molar-refractivity contribution is 7.99. The quantitative estimate of drug-likeness (QED) is 0.336. The Labute approximate surface area is 200 Å². The molecule has 0 atom stereocenters. The van der Waals surface area contributed by atoms with Crippen molar-refractivity contribution in [3.8, 4) is 11.1 Å². The summed E-state index contributed by atoms with van der Waals surface area (Å²) in [6.45, 7) is 6.58. The van der Waals surface area contributed by atoms with Crippen molar-refractivity contribution in [3.05, 3.63) is 79.0 Å². The number of benzene rings is 3. The van der Waals surface area contributed by atoms with E-state index in [2.05, 4.69) is 107 Å².